The van der Waals surface area contributed by atoms with Gasteiger partial charge >= 0.3 is 0 Å². The summed E-state index contributed by atoms with van der Waals surface area (Å²) in [5, 5.41) is 6.53. The number of hydrazone groups is 1. The second kappa shape index (κ2) is 8.27. The second-order valence-corrected chi connectivity index (χ2v) is 8.24. The Morgan fingerprint density at radius 3 is 2.39 bits per heavy atom. The smallest absolute Gasteiger partial charge is 0.257 e. The quantitative estimate of drug-likeness (QED) is 0.794. The first-order valence-electron chi connectivity index (χ1n) is 10.3. The fourth-order valence-electron chi connectivity index (χ4n) is 4.08. The molecule has 1 amide bonds. The van der Waals surface area contributed by atoms with Gasteiger partial charge in [0.25, 0.3) is 5.91 Å². The van der Waals surface area contributed by atoms with E-state index >= 15 is 0 Å². The SMILES string of the molecule is Cc1ccc([C@H]2CC(c3ccccc3)=NN2C(=O)CN2CCC(C)CC2)cc1. The van der Waals surface area contributed by atoms with E-state index in [0.29, 0.717) is 6.54 Å². The van der Waals surface area contributed by atoms with Crippen LogP contribution in [-0.2, 0) is 4.79 Å². The third-order valence-electron chi connectivity index (χ3n) is 5.97. The third-order valence-corrected chi connectivity index (χ3v) is 5.97. The molecule has 1 atom stereocenters. The van der Waals surface area contributed by atoms with Gasteiger partial charge in [-0.05, 0) is 49.9 Å². The van der Waals surface area contributed by atoms with Crippen LogP contribution in [0.2, 0.25) is 0 Å². The number of amides is 1. The summed E-state index contributed by atoms with van der Waals surface area (Å²) in [4.78, 5) is 15.5. The molecule has 146 valence electrons. The Labute approximate surface area is 167 Å². The summed E-state index contributed by atoms with van der Waals surface area (Å²) >= 11 is 0. The Morgan fingerprint density at radius 2 is 1.71 bits per heavy atom. The van der Waals surface area contributed by atoms with Crippen LogP contribution in [0.5, 0.6) is 0 Å². The molecule has 0 N–H and O–H groups in total. The first kappa shape index (κ1) is 18.9. The molecule has 28 heavy (non-hydrogen) atoms. The van der Waals surface area contributed by atoms with Gasteiger partial charge in [-0.15, -0.1) is 0 Å². The molecule has 2 heterocycles. The lowest BCUT2D eigenvalue weighted by Crippen LogP contribution is -2.41. The molecule has 0 aliphatic carbocycles. The average Bonchev–Trinajstić information content (AvgIpc) is 3.17. The molecule has 0 bridgehead atoms. The van der Waals surface area contributed by atoms with Gasteiger partial charge in [-0.2, -0.15) is 5.10 Å². The van der Waals surface area contributed by atoms with Crippen LogP contribution >= 0.6 is 0 Å². The first-order valence-corrected chi connectivity index (χ1v) is 10.3. The van der Waals surface area contributed by atoms with Gasteiger partial charge in [-0.3, -0.25) is 9.69 Å². The van der Waals surface area contributed by atoms with Crippen LogP contribution in [0.4, 0.5) is 0 Å². The lowest BCUT2D eigenvalue weighted by Gasteiger charge is -2.31. The van der Waals surface area contributed by atoms with Crippen molar-refractivity contribution in [1.29, 1.82) is 0 Å². The first-order chi connectivity index (χ1) is 13.6. The number of carbonyl (C=O) groups is 1. The average molecular weight is 376 g/mol. The zero-order chi connectivity index (χ0) is 19.5. The minimum atomic E-state index is -0.0213. The number of rotatable bonds is 4. The summed E-state index contributed by atoms with van der Waals surface area (Å²) in [5.41, 5.74) is 4.47. The van der Waals surface area contributed by atoms with E-state index in [2.05, 4.69) is 55.1 Å². The van der Waals surface area contributed by atoms with E-state index < -0.39 is 0 Å². The molecule has 2 aliphatic rings. The van der Waals surface area contributed by atoms with Crippen molar-refractivity contribution >= 4 is 11.6 Å². The van der Waals surface area contributed by atoms with Crippen LogP contribution < -0.4 is 0 Å². The Morgan fingerprint density at radius 1 is 1.04 bits per heavy atom. The zero-order valence-corrected chi connectivity index (χ0v) is 16.8. The maximum atomic E-state index is 13.2. The van der Waals surface area contributed by atoms with Gasteiger partial charge in [0.2, 0.25) is 0 Å². The monoisotopic (exact) mass is 375 g/mol. The largest absolute Gasteiger partial charge is 0.294 e. The van der Waals surface area contributed by atoms with Crippen LogP contribution in [0.25, 0.3) is 0 Å². The van der Waals surface area contributed by atoms with Gasteiger partial charge in [0.15, 0.2) is 0 Å². The molecule has 0 radical (unpaired) electrons. The third kappa shape index (κ3) is 4.17. The molecule has 1 fully saturated rings. The zero-order valence-electron chi connectivity index (χ0n) is 16.8. The molecular weight excluding hydrogens is 346 g/mol. The molecule has 4 rings (SSSR count). The van der Waals surface area contributed by atoms with Gasteiger partial charge in [0, 0.05) is 6.42 Å². The lowest BCUT2D eigenvalue weighted by molar-refractivity contribution is -0.134. The van der Waals surface area contributed by atoms with Crippen molar-refractivity contribution in [1.82, 2.24) is 9.91 Å². The predicted molar refractivity (Wildman–Crippen MR) is 113 cm³/mol. The summed E-state index contributed by atoms with van der Waals surface area (Å²) in [6.45, 7) is 6.85. The maximum Gasteiger partial charge on any atom is 0.257 e. The highest BCUT2D eigenvalue weighted by Crippen LogP contribution is 2.33. The lowest BCUT2D eigenvalue weighted by atomic mass is 9.97. The van der Waals surface area contributed by atoms with Crippen LogP contribution in [0.1, 0.15) is 48.9 Å². The van der Waals surface area contributed by atoms with E-state index in [0.717, 1.165) is 42.3 Å². The van der Waals surface area contributed by atoms with Gasteiger partial charge in [0.05, 0.1) is 18.3 Å². The summed E-state index contributed by atoms with van der Waals surface area (Å²) in [7, 11) is 0. The van der Waals surface area contributed by atoms with Gasteiger partial charge in [-0.1, -0.05) is 67.1 Å². The fraction of sp³-hybridized carbons (Fsp3) is 0.417. The number of piperidine rings is 1. The number of aryl methyl sites for hydroxylation is 1. The summed E-state index contributed by atoms with van der Waals surface area (Å²) in [6.07, 6.45) is 3.11. The van der Waals surface area contributed by atoms with Crippen molar-refractivity contribution in [2.24, 2.45) is 11.0 Å². The van der Waals surface area contributed by atoms with Crippen LogP contribution in [0, 0.1) is 12.8 Å². The highest BCUT2D eigenvalue weighted by atomic mass is 16.2. The van der Waals surface area contributed by atoms with E-state index in [1.807, 2.05) is 18.2 Å². The van der Waals surface area contributed by atoms with E-state index in [9.17, 15) is 4.79 Å². The summed E-state index contributed by atoms with van der Waals surface area (Å²) in [6, 6.07) is 18.7. The fourth-order valence-corrected chi connectivity index (χ4v) is 4.08. The topological polar surface area (TPSA) is 35.9 Å². The molecule has 2 aliphatic heterocycles. The van der Waals surface area contributed by atoms with Crippen molar-refractivity contribution in [2.45, 2.75) is 39.2 Å². The van der Waals surface area contributed by atoms with Crippen molar-refractivity contribution in [3.8, 4) is 0 Å². The van der Waals surface area contributed by atoms with Crippen LogP contribution in [0.15, 0.2) is 59.7 Å². The molecule has 4 nitrogen and oxygen atoms in total. The molecule has 1 saturated heterocycles. The Bertz CT molecular complexity index is 836. The minimum absolute atomic E-state index is 0.0213. The maximum absolute atomic E-state index is 13.2. The molecule has 2 aromatic carbocycles. The Hall–Kier alpha value is -2.46. The van der Waals surface area contributed by atoms with Crippen molar-refractivity contribution < 1.29 is 4.79 Å². The number of hydrogen-bond donors (Lipinski definition) is 0. The number of hydrogen-bond acceptors (Lipinski definition) is 3. The molecule has 0 saturated carbocycles. The van der Waals surface area contributed by atoms with Crippen LogP contribution in [0.3, 0.4) is 0 Å². The predicted octanol–water partition coefficient (Wildman–Crippen LogP) is 4.40. The molecule has 0 spiro atoms. The normalized spacial score (nSPS) is 21.0. The number of benzene rings is 2. The van der Waals surface area contributed by atoms with Crippen molar-refractivity contribution in [3.63, 3.8) is 0 Å². The molecular formula is C24H29N3O. The van der Waals surface area contributed by atoms with E-state index in [1.54, 1.807) is 5.01 Å². The molecule has 4 heteroatoms. The minimum Gasteiger partial charge on any atom is -0.294 e. The van der Waals surface area contributed by atoms with Gasteiger partial charge < -0.3 is 0 Å². The molecule has 0 aromatic heterocycles. The van der Waals surface area contributed by atoms with Crippen molar-refractivity contribution in [2.75, 3.05) is 19.6 Å². The second-order valence-electron chi connectivity index (χ2n) is 8.24. The number of nitrogens with zero attached hydrogens (tertiary/aromatic N) is 3. The van der Waals surface area contributed by atoms with E-state index in [4.69, 9.17) is 5.10 Å². The van der Waals surface area contributed by atoms with E-state index in [-0.39, 0.29) is 11.9 Å². The highest BCUT2D eigenvalue weighted by Gasteiger charge is 2.34. The summed E-state index contributed by atoms with van der Waals surface area (Å²) in [5.74, 6) is 0.868. The molecule has 0 unspecified atom stereocenters. The van der Waals surface area contributed by atoms with Gasteiger partial charge in [-0.25, -0.2) is 5.01 Å². The van der Waals surface area contributed by atoms with E-state index in [1.165, 1.54) is 18.4 Å². The highest BCUT2D eigenvalue weighted by molar-refractivity contribution is 6.03. The summed E-state index contributed by atoms with van der Waals surface area (Å²) < 4.78 is 0. The Kier molecular flexibility index (Phi) is 5.58. The standard InChI is InChI=1S/C24H29N3O/c1-18-8-10-21(11-9-18)23-16-22(20-6-4-3-5-7-20)25-27(23)24(28)17-26-14-12-19(2)13-15-26/h3-11,19,23H,12-17H2,1-2H3/t23-/m1/s1. The van der Waals surface area contributed by atoms with Crippen LogP contribution in [-0.4, -0.2) is 41.2 Å². The number of likely N-dealkylation sites (tertiary alicyclic amines) is 1. The van der Waals surface area contributed by atoms with Gasteiger partial charge in [0.1, 0.15) is 0 Å². The van der Waals surface area contributed by atoms with Crippen molar-refractivity contribution in [3.05, 3.63) is 71.3 Å². The Balaban J connectivity index is 1.56. The number of carbonyl (C=O) groups excluding carboxylic acids is 1. The molecule has 2 aromatic rings.